The van der Waals surface area contributed by atoms with Crippen molar-refractivity contribution in [3.05, 3.63) is 18.7 Å². The largest absolute Gasteiger partial charge is 0.383 e. The van der Waals surface area contributed by atoms with Gasteiger partial charge in [0, 0.05) is 32.1 Å². The summed E-state index contributed by atoms with van der Waals surface area (Å²) in [5.41, 5.74) is 0. The molecule has 5 heteroatoms. The third kappa shape index (κ3) is 2.36. The topological polar surface area (TPSA) is 47.4 Å². The van der Waals surface area contributed by atoms with Crippen molar-refractivity contribution in [1.29, 1.82) is 0 Å². The maximum Gasteiger partial charge on any atom is 0.329 e. The second-order valence-electron chi connectivity index (χ2n) is 3.67. The summed E-state index contributed by atoms with van der Waals surface area (Å²) in [6.07, 6.45) is 7.02. The Morgan fingerprint density at radius 1 is 1.67 bits per heavy atom. The number of hydrogen-bond donors (Lipinski definition) is 0. The monoisotopic (exact) mass is 209 g/mol. The van der Waals surface area contributed by atoms with Crippen LogP contribution in [0.2, 0.25) is 0 Å². The van der Waals surface area contributed by atoms with Crippen LogP contribution in [0, 0.1) is 0 Å². The number of carbonyl (C=O) groups excluding carboxylic acids is 1. The lowest BCUT2D eigenvalue weighted by Crippen LogP contribution is -2.38. The molecule has 0 spiro atoms. The number of aromatic nitrogens is 2. The first kappa shape index (κ1) is 10.2. The average molecular weight is 209 g/mol. The van der Waals surface area contributed by atoms with Gasteiger partial charge < -0.3 is 9.64 Å². The summed E-state index contributed by atoms with van der Waals surface area (Å²) in [6.45, 7) is 1.23. The molecule has 0 N–H and O–H groups in total. The predicted molar refractivity (Wildman–Crippen MR) is 54.6 cm³/mol. The summed E-state index contributed by atoms with van der Waals surface area (Å²) in [6, 6.07) is 0.391. The molecule has 5 nitrogen and oxygen atoms in total. The van der Waals surface area contributed by atoms with E-state index in [-0.39, 0.29) is 6.03 Å². The Morgan fingerprint density at radius 2 is 2.47 bits per heavy atom. The van der Waals surface area contributed by atoms with E-state index in [1.54, 1.807) is 19.5 Å². The van der Waals surface area contributed by atoms with Gasteiger partial charge in [0.05, 0.1) is 6.61 Å². The molecule has 15 heavy (non-hydrogen) atoms. The summed E-state index contributed by atoms with van der Waals surface area (Å²) in [5, 5.41) is 0. The van der Waals surface area contributed by atoms with Crippen molar-refractivity contribution in [3.8, 4) is 0 Å². The quantitative estimate of drug-likeness (QED) is 0.742. The van der Waals surface area contributed by atoms with Crippen molar-refractivity contribution in [1.82, 2.24) is 14.5 Å². The molecule has 1 heterocycles. The Kier molecular flexibility index (Phi) is 3.01. The maximum atomic E-state index is 12.0. The molecule has 1 amide bonds. The zero-order valence-electron chi connectivity index (χ0n) is 8.80. The normalized spacial score (nSPS) is 15.3. The van der Waals surface area contributed by atoms with Crippen LogP contribution in [0.4, 0.5) is 4.79 Å². The predicted octanol–water partition coefficient (Wildman–Crippen LogP) is 0.962. The fourth-order valence-electron chi connectivity index (χ4n) is 1.53. The molecule has 1 saturated carbocycles. The molecule has 0 radical (unpaired) electrons. The van der Waals surface area contributed by atoms with Crippen LogP contribution in [0.1, 0.15) is 12.8 Å². The average Bonchev–Trinajstić information content (AvgIpc) is 2.94. The van der Waals surface area contributed by atoms with E-state index in [2.05, 4.69) is 4.98 Å². The van der Waals surface area contributed by atoms with E-state index in [4.69, 9.17) is 4.74 Å². The Labute approximate surface area is 88.7 Å². The van der Waals surface area contributed by atoms with E-state index in [9.17, 15) is 4.79 Å². The van der Waals surface area contributed by atoms with Gasteiger partial charge in [-0.05, 0) is 12.8 Å². The summed E-state index contributed by atoms with van der Waals surface area (Å²) in [7, 11) is 1.65. The second kappa shape index (κ2) is 4.44. The van der Waals surface area contributed by atoms with E-state index >= 15 is 0 Å². The van der Waals surface area contributed by atoms with Gasteiger partial charge in [0.15, 0.2) is 0 Å². The second-order valence-corrected chi connectivity index (χ2v) is 3.67. The van der Waals surface area contributed by atoms with Crippen LogP contribution in [0.3, 0.4) is 0 Å². The van der Waals surface area contributed by atoms with E-state index in [0.717, 1.165) is 12.8 Å². The standard InChI is InChI=1S/C10H15N3O2/c1-15-7-6-13(9-2-3-9)10(14)12-5-4-11-8-12/h4-5,8-9H,2-3,6-7H2,1H3. The Morgan fingerprint density at radius 3 is 3.00 bits per heavy atom. The highest BCUT2D eigenvalue weighted by atomic mass is 16.5. The summed E-state index contributed by atoms with van der Waals surface area (Å²) in [5.74, 6) is 0. The van der Waals surface area contributed by atoms with E-state index in [1.807, 2.05) is 4.90 Å². The number of ether oxygens (including phenoxy) is 1. The lowest BCUT2D eigenvalue weighted by molar-refractivity contribution is 0.147. The lowest BCUT2D eigenvalue weighted by atomic mass is 10.5. The molecule has 1 fully saturated rings. The molecule has 0 aliphatic heterocycles. The van der Waals surface area contributed by atoms with Crippen LogP contribution < -0.4 is 0 Å². The van der Waals surface area contributed by atoms with Crippen molar-refractivity contribution >= 4 is 6.03 Å². The molecular weight excluding hydrogens is 194 g/mol. The van der Waals surface area contributed by atoms with Gasteiger partial charge in [-0.15, -0.1) is 0 Å². The van der Waals surface area contributed by atoms with Crippen molar-refractivity contribution in [3.63, 3.8) is 0 Å². The molecular formula is C10H15N3O2. The van der Waals surface area contributed by atoms with Gasteiger partial charge in [-0.25, -0.2) is 9.78 Å². The van der Waals surface area contributed by atoms with Gasteiger partial charge in [-0.3, -0.25) is 4.57 Å². The SMILES string of the molecule is COCCN(C(=O)n1ccnc1)C1CC1. The van der Waals surface area contributed by atoms with Gasteiger partial charge in [0.25, 0.3) is 0 Å². The minimum atomic E-state index is -0.00736. The summed E-state index contributed by atoms with van der Waals surface area (Å²) < 4.78 is 6.51. The molecule has 0 aromatic carbocycles. The van der Waals surface area contributed by atoms with Crippen molar-refractivity contribution in [2.24, 2.45) is 0 Å². The number of rotatable bonds is 4. The molecule has 0 saturated heterocycles. The zero-order valence-corrected chi connectivity index (χ0v) is 8.80. The molecule has 0 bridgehead atoms. The molecule has 1 aliphatic carbocycles. The van der Waals surface area contributed by atoms with Gasteiger partial charge in [0.2, 0.25) is 0 Å². The smallest absolute Gasteiger partial charge is 0.329 e. The Balaban J connectivity index is 2.01. The third-order valence-corrected chi connectivity index (χ3v) is 2.49. The Bertz CT molecular complexity index is 319. The highest BCUT2D eigenvalue weighted by Gasteiger charge is 2.32. The molecule has 1 aromatic heterocycles. The van der Waals surface area contributed by atoms with Crippen LogP contribution >= 0.6 is 0 Å². The van der Waals surface area contributed by atoms with Crippen molar-refractivity contribution in [2.45, 2.75) is 18.9 Å². The molecule has 82 valence electrons. The summed E-state index contributed by atoms with van der Waals surface area (Å²) >= 11 is 0. The highest BCUT2D eigenvalue weighted by Crippen LogP contribution is 2.27. The molecule has 2 rings (SSSR count). The van der Waals surface area contributed by atoms with E-state index in [1.165, 1.54) is 10.9 Å². The highest BCUT2D eigenvalue weighted by molar-refractivity contribution is 5.77. The Hall–Kier alpha value is -1.36. The first-order valence-electron chi connectivity index (χ1n) is 5.11. The van der Waals surface area contributed by atoms with Crippen molar-refractivity contribution in [2.75, 3.05) is 20.3 Å². The first-order chi connectivity index (χ1) is 7.33. The van der Waals surface area contributed by atoms with Gasteiger partial charge in [-0.1, -0.05) is 0 Å². The number of nitrogens with zero attached hydrogens (tertiary/aromatic N) is 3. The van der Waals surface area contributed by atoms with E-state index in [0.29, 0.717) is 19.2 Å². The molecule has 1 aliphatic rings. The number of methoxy groups -OCH3 is 1. The number of imidazole rings is 1. The first-order valence-corrected chi connectivity index (χ1v) is 5.11. The van der Waals surface area contributed by atoms with Crippen LogP contribution in [0.25, 0.3) is 0 Å². The molecule has 0 atom stereocenters. The zero-order chi connectivity index (χ0) is 10.7. The van der Waals surface area contributed by atoms with Crippen LogP contribution in [-0.2, 0) is 4.74 Å². The van der Waals surface area contributed by atoms with Crippen LogP contribution in [0.5, 0.6) is 0 Å². The lowest BCUT2D eigenvalue weighted by Gasteiger charge is -2.21. The van der Waals surface area contributed by atoms with Gasteiger partial charge in [-0.2, -0.15) is 0 Å². The third-order valence-electron chi connectivity index (χ3n) is 2.49. The molecule has 0 unspecified atom stereocenters. The summed E-state index contributed by atoms with van der Waals surface area (Å²) in [4.78, 5) is 17.7. The van der Waals surface area contributed by atoms with Gasteiger partial charge >= 0.3 is 6.03 Å². The van der Waals surface area contributed by atoms with Crippen molar-refractivity contribution < 1.29 is 9.53 Å². The maximum absolute atomic E-state index is 12.0. The number of carbonyl (C=O) groups is 1. The minimum absolute atomic E-state index is 0.00736. The fraction of sp³-hybridized carbons (Fsp3) is 0.600. The van der Waals surface area contributed by atoms with Crippen LogP contribution in [-0.4, -0.2) is 46.8 Å². The van der Waals surface area contributed by atoms with Crippen LogP contribution in [0.15, 0.2) is 18.7 Å². The molecule has 1 aromatic rings. The fourth-order valence-corrected chi connectivity index (χ4v) is 1.53. The minimum Gasteiger partial charge on any atom is -0.383 e. The number of amides is 1. The van der Waals surface area contributed by atoms with E-state index < -0.39 is 0 Å². The van der Waals surface area contributed by atoms with Gasteiger partial charge in [0.1, 0.15) is 6.33 Å². The number of hydrogen-bond acceptors (Lipinski definition) is 3.